The van der Waals surface area contributed by atoms with Gasteiger partial charge in [-0.15, -0.1) is 12.4 Å². The Bertz CT molecular complexity index is 430. The van der Waals surface area contributed by atoms with E-state index in [9.17, 15) is 9.18 Å². The van der Waals surface area contributed by atoms with Gasteiger partial charge in [-0.1, -0.05) is 0 Å². The van der Waals surface area contributed by atoms with Crippen molar-refractivity contribution in [3.8, 4) is 0 Å². The molecule has 1 aromatic rings. The molecular weight excluding hydrogens is 310 g/mol. The van der Waals surface area contributed by atoms with Crippen LogP contribution in [0.1, 0.15) is 16.8 Å². The minimum absolute atomic E-state index is 0. The van der Waals surface area contributed by atoms with E-state index in [1.807, 2.05) is 0 Å². The van der Waals surface area contributed by atoms with Crippen molar-refractivity contribution in [1.82, 2.24) is 4.90 Å². The van der Waals surface area contributed by atoms with Crippen LogP contribution in [0, 0.1) is 5.82 Å². The molecule has 1 amide bonds. The zero-order valence-corrected chi connectivity index (χ0v) is 11.4. The maximum atomic E-state index is 13.3. The van der Waals surface area contributed by atoms with Gasteiger partial charge < -0.3 is 10.6 Å². The fraction of sp³-hybridized carbons (Fsp3) is 0.364. The fourth-order valence-electron chi connectivity index (χ4n) is 1.78. The number of hydrogen-bond donors (Lipinski definition) is 1. The first-order valence-electron chi connectivity index (χ1n) is 5.08. The van der Waals surface area contributed by atoms with Gasteiger partial charge >= 0.3 is 0 Å². The number of nitrogens with two attached hydrogens (primary N) is 1. The standard InChI is InChI=1S/C11H12BrFN2O.ClH/c12-9-2-1-7(5-10(9)13)11(16)15-4-3-8(14)6-15;/h1-2,5,8H,3-4,6,14H2;1H/t8-;/m0./s1. The molecule has 1 heterocycles. The lowest BCUT2D eigenvalue weighted by Crippen LogP contribution is -2.31. The van der Waals surface area contributed by atoms with Gasteiger partial charge in [0.05, 0.1) is 4.47 Å². The van der Waals surface area contributed by atoms with Crippen molar-refractivity contribution in [2.45, 2.75) is 12.5 Å². The minimum atomic E-state index is -0.422. The van der Waals surface area contributed by atoms with Gasteiger partial charge in [-0.05, 0) is 40.5 Å². The second-order valence-corrected chi connectivity index (χ2v) is 4.78. The highest BCUT2D eigenvalue weighted by molar-refractivity contribution is 9.10. The largest absolute Gasteiger partial charge is 0.337 e. The second kappa shape index (κ2) is 5.80. The van der Waals surface area contributed by atoms with E-state index in [1.54, 1.807) is 17.0 Å². The Hall–Kier alpha value is -0.650. The van der Waals surface area contributed by atoms with Crippen molar-refractivity contribution >= 4 is 34.2 Å². The molecule has 3 nitrogen and oxygen atoms in total. The Morgan fingerprint density at radius 1 is 1.53 bits per heavy atom. The molecule has 2 rings (SSSR count). The van der Waals surface area contributed by atoms with E-state index in [-0.39, 0.29) is 24.4 Å². The number of carbonyl (C=O) groups is 1. The smallest absolute Gasteiger partial charge is 0.254 e. The molecule has 0 aliphatic carbocycles. The van der Waals surface area contributed by atoms with Gasteiger partial charge in [0.1, 0.15) is 5.82 Å². The predicted molar refractivity (Wildman–Crippen MR) is 69.8 cm³/mol. The quantitative estimate of drug-likeness (QED) is 0.861. The molecule has 0 unspecified atom stereocenters. The summed E-state index contributed by atoms with van der Waals surface area (Å²) in [4.78, 5) is 13.6. The van der Waals surface area contributed by atoms with Gasteiger partial charge in [0.15, 0.2) is 0 Å². The van der Waals surface area contributed by atoms with Crippen molar-refractivity contribution < 1.29 is 9.18 Å². The third kappa shape index (κ3) is 3.18. The van der Waals surface area contributed by atoms with Crippen LogP contribution in [0.3, 0.4) is 0 Å². The summed E-state index contributed by atoms with van der Waals surface area (Å²) in [5.74, 6) is -0.575. The van der Waals surface area contributed by atoms with Crippen molar-refractivity contribution in [2.75, 3.05) is 13.1 Å². The first-order valence-corrected chi connectivity index (χ1v) is 5.87. The third-order valence-corrected chi connectivity index (χ3v) is 3.32. The number of amides is 1. The number of carbonyl (C=O) groups excluding carboxylic acids is 1. The van der Waals surface area contributed by atoms with Crippen LogP contribution in [0.25, 0.3) is 0 Å². The number of nitrogens with zero attached hydrogens (tertiary/aromatic N) is 1. The Labute approximate surface area is 114 Å². The summed E-state index contributed by atoms with van der Waals surface area (Å²) in [7, 11) is 0. The van der Waals surface area contributed by atoms with Gasteiger partial charge in [-0.25, -0.2) is 4.39 Å². The van der Waals surface area contributed by atoms with E-state index in [0.29, 0.717) is 23.1 Å². The molecule has 1 saturated heterocycles. The molecule has 1 aliphatic heterocycles. The second-order valence-electron chi connectivity index (χ2n) is 3.93. The van der Waals surface area contributed by atoms with Gasteiger partial charge in [-0.2, -0.15) is 0 Å². The summed E-state index contributed by atoms with van der Waals surface area (Å²) in [6.07, 6.45) is 0.810. The molecule has 1 atom stereocenters. The Morgan fingerprint density at radius 3 is 2.76 bits per heavy atom. The normalized spacial score (nSPS) is 19.0. The van der Waals surface area contributed by atoms with Crippen molar-refractivity contribution in [2.24, 2.45) is 5.73 Å². The van der Waals surface area contributed by atoms with Crippen molar-refractivity contribution in [3.05, 3.63) is 34.1 Å². The minimum Gasteiger partial charge on any atom is -0.337 e. The Kier molecular flexibility index (Phi) is 4.91. The number of likely N-dealkylation sites (tertiary alicyclic amines) is 1. The van der Waals surface area contributed by atoms with Gasteiger partial charge in [-0.3, -0.25) is 4.79 Å². The lowest BCUT2D eigenvalue weighted by atomic mass is 10.2. The number of rotatable bonds is 1. The molecular formula is C11H13BrClFN2O. The van der Waals surface area contributed by atoms with E-state index >= 15 is 0 Å². The summed E-state index contributed by atoms with van der Waals surface area (Å²) in [6.45, 7) is 1.20. The van der Waals surface area contributed by atoms with Crippen LogP contribution in [0.5, 0.6) is 0 Å². The maximum Gasteiger partial charge on any atom is 0.254 e. The molecule has 1 aliphatic rings. The average molecular weight is 324 g/mol. The SMILES string of the molecule is Cl.N[C@H]1CCN(C(=O)c2ccc(Br)c(F)c2)C1. The highest BCUT2D eigenvalue weighted by Crippen LogP contribution is 2.19. The van der Waals surface area contributed by atoms with E-state index in [4.69, 9.17) is 5.73 Å². The first kappa shape index (κ1) is 14.4. The van der Waals surface area contributed by atoms with Gasteiger partial charge in [0.2, 0.25) is 0 Å². The number of hydrogen-bond acceptors (Lipinski definition) is 2. The monoisotopic (exact) mass is 322 g/mol. The average Bonchev–Trinajstić information content (AvgIpc) is 2.68. The number of halogens is 3. The predicted octanol–water partition coefficient (Wildman–Crippen LogP) is 2.18. The van der Waals surface area contributed by atoms with Gasteiger partial charge in [0.25, 0.3) is 5.91 Å². The molecule has 0 saturated carbocycles. The first-order chi connectivity index (χ1) is 7.58. The lowest BCUT2D eigenvalue weighted by Gasteiger charge is -2.15. The topological polar surface area (TPSA) is 46.3 Å². The molecule has 0 aromatic heterocycles. The molecule has 0 spiro atoms. The molecule has 0 bridgehead atoms. The zero-order valence-electron chi connectivity index (χ0n) is 9.03. The van der Waals surface area contributed by atoms with E-state index in [0.717, 1.165) is 6.42 Å². The summed E-state index contributed by atoms with van der Waals surface area (Å²) < 4.78 is 13.6. The summed E-state index contributed by atoms with van der Waals surface area (Å²) >= 11 is 3.05. The summed E-state index contributed by atoms with van der Waals surface area (Å²) in [5, 5.41) is 0. The fourth-order valence-corrected chi connectivity index (χ4v) is 2.03. The Morgan fingerprint density at radius 2 is 2.24 bits per heavy atom. The molecule has 6 heteroatoms. The van der Waals surface area contributed by atoms with Crippen LogP contribution in [-0.2, 0) is 0 Å². The van der Waals surface area contributed by atoms with Crippen LogP contribution < -0.4 is 5.73 Å². The highest BCUT2D eigenvalue weighted by atomic mass is 79.9. The van der Waals surface area contributed by atoms with Crippen molar-refractivity contribution in [1.29, 1.82) is 0 Å². The highest BCUT2D eigenvalue weighted by Gasteiger charge is 2.24. The molecule has 17 heavy (non-hydrogen) atoms. The summed E-state index contributed by atoms with van der Waals surface area (Å²) in [5.41, 5.74) is 6.09. The van der Waals surface area contributed by atoms with Crippen LogP contribution in [0.2, 0.25) is 0 Å². The molecule has 0 radical (unpaired) electrons. The van der Waals surface area contributed by atoms with Crippen LogP contribution >= 0.6 is 28.3 Å². The molecule has 1 aromatic carbocycles. The van der Waals surface area contributed by atoms with Gasteiger partial charge in [0, 0.05) is 24.7 Å². The molecule has 94 valence electrons. The van der Waals surface area contributed by atoms with Crippen LogP contribution in [-0.4, -0.2) is 29.9 Å². The lowest BCUT2D eigenvalue weighted by molar-refractivity contribution is 0.0790. The van der Waals surface area contributed by atoms with E-state index < -0.39 is 5.82 Å². The molecule has 1 fully saturated rings. The zero-order chi connectivity index (χ0) is 11.7. The van der Waals surface area contributed by atoms with E-state index in [2.05, 4.69) is 15.9 Å². The van der Waals surface area contributed by atoms with Crippen molar-refractivity contribution in [3.63, 3.8) is 0 Å². The summed E-state index contributed by atoms with van der Waals surface area (Å²) in [6, 6.07) is 4.44. The Balaban J connectivity index is 0.00000144. The molecule has 2 N–H and O–H groups in total. The van der Waals surface area contributed by atoms with Crippen LogP contribution in [0.15, 0.2) is 22.7 Å². The number of benzene rings is 1. The van der Waals surface area contributed by atoms with Crippen LogP contribution in [0.4, 0.5) is 4.39 Å². The third-order valence-electron chi connectivity index (χ3n) is 2.68. The van der Waals surface area contributed by atoms with E-state index in [1.165, 1.54) is 6.07 Å². The maximum absolute atomic E-state index is 13.3.